The SMILES string of the molecule is COc1ccc(C(Cc2ccn([C@@H]3O[C@@](COC(c4ccccc4)(c4ccccc4)c4ccc(OC)cc4)(N=[N+]=[N-])[C@@H](O)[C@@H]3C)c(=O)n2)(c2ccccc2)c2ccccc2)cc1. The molecule has 0 amide bonds. The lowest BCUT2D eigenvalue weighted by atomic mass is 9.66. The van der Waals surface area contributed by atoms with Gasteiger partial charge in [-0.25, -0.2) is 4.79 Å². The zero-order valence-electron chi connectivity index (χ0n) is 34.7. The van der Waals surface area contributed by atoms with Gasteiger partial charge in [-0.3, -0.25) is 4.57 Å². The number of rotatable bonds is 15. The number of aliphatic hydroxyl groups is 1. The lowest BCUT2D eigenvalue weighted by molar-refractivity contribution is -0.157. The number of benzene rings is 6. The molecule has 312 valence electrons. The van der Waals surface area contributed by atoms with Crippen molar-refractivity contribution in [1.82, 2.24) is 9.55 Å². The van der Waals surface area contributed by atoms with E-state index in [1.165, 1.54) is 4.57 Å². The molecule has 8 rings (SSSR count). The van der Waals surface area contributed by atoms with Crippen LogP contribution in [-0.2, 0) is 26.9 Å². The molecular weight excluding hydrogens is 779 g/mol. The monoisotopic (exact) mass is 825 g/mol. The molecular formula is C51H47N5O6. The van der Waals surface area contributed by atoms with Gasteiger partial charge in [-0.2, -0.15) is 4.98 Å². The summed E-state index contributed by atoms with van der Waals surface area (Å²) in [4.78, 5) is 22.1. The van der Waals surface area contributed by atoms with E-state index >= 15 is 0 Å². The van der Waals surface area contributed by atoms with Crippen molar-refractivity contribution in [2.24, 2.45) is 11.0 Å². The number of azide groups is 1. The molecule has 11 nitrogen and oxygen atoms in total. The fraction of sp³-hybridized carbons (Fsp3) is 0.216. The third-order valence-corrected chi connectivity index (χ3v) is 12.0. The lowest BCUT2D eigenvalue weighted by Gasteiger charge is -2.39. The Hall–Kier alpha value is -7.01. The molecule has 6 aromatic carbocycles. The van der Waals surface area contributed by atoms with E-state index in [2.05, 4.69) is 39.3 Å². The van der Waals surface area contributed by atoms with Crippen molar-refractivity contribution < 1.29 is 24.1 Å². The zero-order valence-corrected chi connectivity index (χ0v) is 34.7. The van der Waals surface area contributed by atoms with Crippen molar-refractivity contribution in [1.29, 1.82) is 0 Å². The molecule has 0 bridgehead atoms. The highest BCUT2D eigenvalue weighted by Crippen LogP contribution is 2.47. The lowest BCUT2D eigenvalue weighted by Crippen LogP contribution is -2.47. The van der Waals surface area contributed by atoms with Gasteiger partial charge in [0.1, 0.15) is 23.3 Å². The maximum atomic E-state index is 14.3. The summed E-state index contributed by atoms with van der Waals surface area (Å²) in [5.74, 6) is 0.661. The van der Waals surface area contributed by atoms with Crippen LogP contribution >= 0.6 is 0 Å². The molecule has 1 saturated heterocycles. The van der Waals surface area contributed by atoms with Gasteiger partial charge in [-0.1, -0.05) is 158 Å². The molecule has 0 unspecified atom stereocenters. The van der Waals surface area contributed by atoms with Gasteiger partial charge >= 0.3 is 5.69 Å². The molecule has 1 aliphatic rings. The number of methoxy groups -OCH3 is 2. The standard InChI is InChI=1S/C51H47N5O6/c1-36-46(57)50(54-55-52,35-61-51(40-20-12-6-13-21-40,41-22-14-7-15-23-41)42-26-30-45(60-3)31-27-42)62-47(36)56-33-32-43(53-48(56)58)34-49(37-16-8-4-9-17-37,38-18-10-5-11-19-38)39-24-28-44(59-2)29-25-39/h4-33,36,46-47,57H,34-35H2,1-3H3/t36-,46-,47+,50+/m0/s1. The average molecular weight is 826 g/mol. The van der Waals surface area contributed by atoms with Gasteiger partial charge < -0.3 is 24.1 Å². The summed E-state index contributed by atoms with van der Waals surface area (Å²) in [6, 6.07) is 57.0. The van der Waals surface area contributed by atoms with Crippen LogP contribution in [0.25, 0.3) is 10.4 Å². The Balaban J connectivity index is 1.17. The predicted molar refractivity (Wildman–Crippen MR) is 237 cm³/mol. The summed E-state index contributed by atoms with van der Waals surface area (Å²) < 4.78 is 26.0. The quantitative estimate of drug-likeness (QED) is 0.0470. The van der Waals surface area contributed by atoms with Gasteiger partial charge in [-0.05, 0) is 69.2 Å². The van der Waals surface area contributed by atoms with Crippen molar-refractivity contribution in [2.75, 3.05) is 20.8 Å². The Morgan fingerprint density at radius 2 is 1.13 bits per heavy atom. The van der Waals surface area contributed by atoms with E-state index in [4.69, 9.17) is 18.9 Å². The number of aliphatic hydroxyl groups excluding tert-OH is 1. The van der Waals surface area contributed by atoms with Gasteiger partial charge in [0, 0.05) is 29.1 Å². The number of nitrogens with zero attached hydrogens (tertiary/aromatic N) is 5. The first-order valence-corrected chi connectivity index (χ1v) is 20.4. The molecule has 0 aliphatic carbocycles. The topological polar surface area (TPSA) is 141 Å². The van der Waals surface area contributed by atoms with Crippen LogP contribution in [0, 0.1) is 5.92 Å². The first-order valence-electron chi connectivity index (χ1n) is 20.4. The second-order valence-corrected chi connectivity index (χ2v) is 15.4. The number of hydrogen-bond donors (Lipinski definition) is 1. The fourth-order valence-corrected chi connectivity index (χ4v) is 8.84. The van der Waals surface area contributed by atoms with Crippen LogP contribution in [0.3, 0.4) is 0 Å². The highest BCUT2D eigenvalue weighted by atomic mass is 16.6. The second-order valence-electron chi connectivity index (χ2n) is 15.4. The normalized spacial score (nSPS) is 18.7. The minimum atomic E-state index is -1.94. The Morgan fingerprint density at radius 1 is 0.694 bits per heavy atom. The number of aromatic nitrogens is 2. The molecule has 2 heterocycles. The molecule has 0 spiro atoms. The van der Waals surface area contributed by atoms with Crippen molar-refractivity contribution in [3.05, 3.63) is 242 Å². The van der Waals surface area contributed by atoms with Crippen molar-refractivity contribution in [3.63, 3.8) is 0 Å². The Labute approximate surface area is 360 Å². The summed E-state index contributed by atoms with van der Waals surface area (Å²) >= 11 is 0. The Bertz CT molecular complexity index is 2600. The van der Waals surface area contributed by atoms with Gasteiger partial charge in [0.2, 0.25) is 0 Å². The maximum absolute atomic E-state index is 14.3. The van der Waals surface area contributed by atoms with Crippen LogP contribution < -0.4 is 15.2 Å². The largest absolute Gasteiger partial charge is 0.497 e. The molecule has 1 N–H and O–H groups in total. The highest BCUT2D eigenvalue weighted by molar-refractivity contribution is 5.53. The summed E-state index contributed by atoms with van der Waals surface area (Å²) in [5.41, 5.74) is 11.4. The van der Waals surface area contributed by atoms with E-state index in [-0.39, 0.29) is 6.61 Å². The third kappa shape index (κ3) is 7.63. The van der Waals surface area contributed by atoms with E-state index < -0.39 is 40.7 Å². The van der Waals surface area contributed by atoms with Gasteiger partial charge in [0.05, 0.1) is 32.3 Å². The van der Waals surface area contributed by atoms with Crippen LogP contribution in [0.5, 0.6) is 11.5 Å². The molecule has 1 fully saturated rings. The van der Waals surface area contributed by atoms with E-state index in [1.807, 2.05) is 146 Å². The van der Waals surface area contributed by atoms with Crippen LogP contribution in [0.1, 0.15) is 52.2 Å². The van der Waals surface area contributed by atoms with Crippen LogP contribution in [-0.4, -0.2) is 47.3 Å². The first-order chi connectivity index (χ1) is 30.3. The third-order valence-electron chi connectivity index (χ3n) is 12.0. The second kappa shape index (κ2) is 17.9. The summed E-state index contributed by atoms with van der Waals surface area (Å²) in [7, 11) is 3.24. The Morgan fingerprint density at radius 3 is 1.58 bits per heavy atom. The molecule has 1 aromatic heterocycles. The minimum Gasteiger partial charge on any atom is -0.497 e. The van der Waals surface area contributed by atoms with E-state index in [0.29, 0.717) is 17.9 Å². The smallest absolute Gasteiger partial charge is 0.349 e. The molecule has 0 saturated carbocycles. The Kier molecular flexibility index (Phi) is 12.1. The summed E-state index contributed by atoms with van der Waals surface area (Å²) in [6.07, 6.45) is -0.466. The first kappa shape index (κ1) is 41.7. The van der Waals surface area contributed by atoms with E-state index in [1.54, 1.807) is 33.4 Å². The predicted octanol–water partition coefficient (Wildman–Crippen LogP) is 9.38. The number of ether oxygens (including phenoxy) is 4. The van der Waals surface area contributed by atoms with Gasteiger partial charge in [-0.15, -0.1) is 0 Å². The summed E-state index contributed by atoms with van der Waals surface area (Å²) in [5, 5.41) is 16.1. The van der Waals surface area contributed by atoms with Crippen LogP contribution in [0.4, 0.5) is 0 Å². The molecule has 7 aromatic rings. The molecule has 1 aliphatic heterocycles. The van der Waals surface area contributed by atoms with Gasteiger partial charge in [0.25, 0.3) is 0 Å². The highest BCUT2D eigenvalue weighted by Gasteiger charge is 2.55. The van der Waals surface area contributed by atoms with Crippen molar-refractivity contribution >= 4 is 0 Å². The molecule has 62 heavy (non-hydrogen) atoms. The van der Waals surface area contributed by atoms with Crippen molar-refractivity contribution in [3.8, 4) is 11.5 Å². The van der Waals surface area contributed by atoms with Crippen molar-refractivity contribution in [2.45, 2.75) is 42.4 Å². The molecule has 4 atom stereocenters. The van der Waals surface area contributed by atoms with E-state index in [9.17, 15) is 15.4 Å². The van der Waals surface area contributed by atoms with Gasteiger partial charge in [0.15, 0.2) is 5.72 Å². The maximum Gasteiger partial charge on any atom is 0.349 e. The molecule has 11 heteroatoms. The average Bonchev–Trinajstić information content (AvgIpc) is 3.57. The van der Waals surface area contributed by atoms with E-state index in [0.717, 1.165) is 39.1 Å². The molecule has 0 radical (unpaired) electrons. The minimum absolute atomic E-state index is 0.343. The van der Waals surface area contributed by atoms with Crippen LogP contribution in [0.2, 0.25) is 0 Å². The van der Waals surface area contributed by atoms with Crippen LogP contribution in [0.15, 0.2) is 192 Å². The zero-order chi connectivity index (χ0) is 43.2. The summed E-state index contributed by atoms with van der Waals surface area (Å²) in [6.45, 7) is 1.36. The number of hydrogen-bond acceptors (Lipinski definition) is 8. The fourth-order valence-electron chi connectivity index (χ4n) is 8.84.